The van der Waals surface area contributed by atoms with Crippen LogP contribution in [-0.2, 0) is 9.24 Å². The first-order valence-electron chi connectivity index (χ1n) is 4.36. The first kappa shape index (κ1) is 13.6. The van der Waals surface area contributed by atoms with Crippen LogP contribution < -0.4 is 14.2 Å². The summed E-state index contributed by atoms with van der Waals surface area (Å²) in [5, 5.41) is 0. The molecule has 1 rings (SSSR count). The van der Waals surface area contributed by atoms with Crippen molar-refractivity contribution in [1.29, 1.82) is 0 Å². The second-order valence-electron chi connectivity index (χ2n) is 2.94. The number of carbonyl (C=O) groups excluding carboxylic acids is 1. The molecule has 8 heteroatoms. The third-order valence-corrected chi connectivity index (χ3v) is 2.53. The fourth-order valence-corrected chi connectivity index (χ4v) is 1.69. The summed E-state index contributed by atoms with van der Waals surface area (Å²) in [5.41, 5.74) is 0.0394. The summed E-state index contributed by atoms with van der Waals surface area (Å²) in [6, 6.07) is 4.32. The zero-order chi connectivity index (χ0) is 13.1. The van der Waals surface area contributed by atoms with E-state index in [0.29, 0.717) is 5.75 Å². The molecule has 0 aliphatic carbocycles. The van der Waals surface area contributed by atoms with Crippen LogP contribution in [0.1, 0.15) is 10.4 Å². The summed E-state index contributed by atoms with van der Waals surface area (Å²) in [6.07, 6.45) is 0. The van der Waals surface area contributed by atoms with Crippen molar-refractivity contribution in [3.05, 3.63) is 23.8 Å². The Bertz CT molecular complexity index is 528. The third-order valence-electron chi connectivity index (χ3n) is 1.87. The molecule has 94 valence electrons. The quantitative estimate of drug-likeness (QED) is 0.829. The third kappa shape index (κ3) is 3.79. The van der Waals surface area contributed by atoms with Gasteiger partial charge in [-0.3, -0.25) is 4.79 Å². The molecule has 0 aliphatic rings. The van der Waals surface area contributed by atoms with E-state index >= 15 is 0 Å². The number of rotatable bonds is 4. The van der Waals surface area contributed by atoms with Gasteiger partial charge in [0.2, 0.25) is 0 Å². The Hall–Kier alpha value is -1.47. The average molecular weight is 280 g/mol. The Morgan fingerprint density at radius 3 is 2.41 bits per heavy atom. The van der Waals surface area contributed by atoms with Gasteiger partial charge in [0, 0.05) is 16.7 Å². The van der Waals surface area contributed by atoms with Crippen molar-refractivity contribution in [2.24, 2.45) is 0 Å². The molecule has 0 fully saturated rings. The molecule has 1 aromatic carbocycles. The van der Waals surface area contributed by atoms with Crippen LogP contribution in [0.4, 0.5) is 0 Å². The zero-order valence-electron chi connectivity index (χ0n) is 9.06. The predicted octanol–water partition coefficient (Wildman–Crippen LogP) is 0.917. The molecule has 0 bridgehead atoms. The zero-order valence-corrected chi connectivity index (χ0v) is 10.6. The van der Waals surface area contributed by atoms with Crippen LogP contribution >= 0.6 is 10.7 Å². The smallest absolute Gasteiger partial charge is 0.321 e. The van der Waals surface area contributed by atoms with Crippen LogP contribution in [0.25, 0.3) is 0 Å². The largest absolute Gasteiger partial charge is 0.497 e. The molecule has 0 saturated carbocycles. The monoisotopic (exact) mass is 279 g/mol. The molecule has 0 aliphatic heterocycles. The highest BCUT2D eigenvalue weighted by Gasteiger charge is 2.17. The molecule has 0 atom stereocenters. The SMILES string of the molecule is COc1ccc(C(=O)NS(=O)(=O)Cl)c(OC)c1. The van der Waals surface area contributed by atoms with Crippen molar-refractivity contribution in [2.45, 2.75) is 0 Å². The van der Waals surface area contributed by atoms with Gasteiger partial charge < -0.3 is 9.47 Å². The molecular weight excluding hydrogens is 270 g/mol. The Balaban J connectivity index is 3.09. The lowest BCUT2D eigenvalue weighted by Crippen LogP contribution is -2.26. The van der Waals surface area contributed by atoms with Crippen LogP contribution in [0.5, 0.6) is 11.5 Å². The normalized spacial score (nSPS) is 10.8. The number of nitrogens with one attached hydrogen (secondary N) is 1. The second kappa shape index (κ2) is 5.24. The summed E-state index contributed by atoms with van der Waals surface area (Å²) >= 11 is 0. The van der Waals surface area contributed by atoms with Crippen molar-refractivity contribution < 1.29 is 22.7 Å². The van der Waals surface area contributed by atoms with Gasteiger partial charge in [-0.25, -0.2) is 4.72 Å². The maximum Gasteiger partial charge on any atom is 0.321 e. The maximum absolute atomic E-state index is 11.5. The Morgan fingerprint density at radius 2 is 1.94 bits per heavy atom. The Morgan fingerprint density at radius 1 is 1.29 bits per heavy atom. The van der Waals surface area contributed by atoms with Crippen molar-refractivity contribution in [1.82, 2.24) is 4.72 Å². The molecular formula is C9H10ClNO5S. The summed E-state index contributed by atoms with van der Waals surface area (Å²) in [6.45, 7) is 0. The molecule has 17 heavy (non-hydrogen) atoms. The standard InChI is InChI=1S/C9H10ClNO5S/c1-15-6-3-4-7(8(5-6)16-2)9(12)11-17(10,13)14/h3-5H,1-2H3,(H,11,12). The van der Waals surface area contributed by atoms with Gasteiger partial charge in [-0.15, -0.1) is 0 Å². The highest BCUT2D eigenvalue weighted by atomic mass is 35.7. The number of carbonyl (C=O) groups is 1. The van der Waals surface area contributed by atoms with E-state index in [2.05, 4.69) is 0 Å². The van der Waals surface area contributed by atoms with Crippen LogP contribution in [0.15, 0.2) is 18.2 Å². The highest BCUT2D eigenvalue weighted by molar-refractivity contribution is 8.12. The van der Waals surface area contributed by atoms with E-state index in [-0.39, 0.29) is 11.3 Å². The topological polar surface area (TPSA) is 81.7 Å². The maximum atomic E-state index is 11.5. The van der Waals surface area contributed by atoms with Gasteiger partial charge in [0.05, 0.1) is 19.8 Å². The van der Waals surface area contributed by atoms with Gasteiger partial charge >= 0.3 is 9.24 Å². The van der Waals surface area contributed by atoms with E-state index in [1.165, 1.54) is 32.4 Å². The van der Waals surface area contributed by atoms with Gasteiger partial charge in [0.15, 0.2) is 0 Å². The van der Waals surface area contributed by atoms with E-state index in [9.17, 15) is 13.2 Å². The number of hydrogen-bond donors (Lipinski definition) is 1. The molecule has 1 N–H and O–H groups in total. The van der Waals surface area contributed by atoms with Crippen molar-refractivity contribution >= 4 is 25.8 Å². The minimum atomic E-state index is -4.13. The Labute approximate surface area is 103 Å². The van der Waals surface area contributed by atoms with Crippen LogP contribution in [0, 0.1) is 0 Å². The number of ether oxygens (including phenoxy) is 2. The molecule has 1 aromatic rings. The molecule has 0 aromatic heterocycles. The summed E-state index contributed by atoms with van der Waals surface area (Å²) in [4.78, 5) is 11.5. The van der Waals surface area contributed by atoms with E-state index in [4.69, 9.17) is 20.2 Å². The summed E-state index contributed by atoms with van der Waals surface area (Å²) in [5.74, 6) is -0.214. The van der Waals surface area contributed by atoms with Gasteiger partial charge in [0.1, 0.15) is 11.5 Å². The van der Waals surface area contributed by atoms with Crippen molar-refractivity contribution in [3.63, 3.8) is 0 Å². The van der Waals surface area contributed by atoms with Crippen LogP contribution in [0.2, 0.25) is 0 Å². The lowest BCUT2D eigenvalue weighted by Gasteiger charge is -2.09. The van der Waals surface area contributed by atoms with E-state index in [0.717, 1.165) is 0 Å². The Kier molecular flexibility index (Phi) is 4.19. The number of benzene rings is 1. The highest BCUT2D eigenvalue weighted by Crippen LogP contribution is 2.24. The van der Waals surface area contributed by atoms with Gasteiger partial charge in [0.25, 0.3) is 5.91 Å². The molecule has 0 radical (unpaired) electrons. The molecule has 6 nitrogen and oxygen atoms in total. The minimum Gasteiger partial charge on any atom is -0.497 e. The molecule has 0 unspecified atom stereocenters. The molecule has 0 saturated heterocycles. The average Bonchev–Trinajstić information content (AvgIpc) is 2.25. The predicted molar refractivity (Wildman–Crippen MR) is 61.8 cm³/mol. The summed E-state index contributed by atoms with van der Waals surface area (Å²) < 4.78 is 32.9. The first-order valence-corrected chi connectivity index (χ1v) is 6.67. The van der Waals surface area contributed by atoms with E-state index in [1.54, 1.807) is 4.72 Å². The number of halogens is 1. The van der Waals surface area contributed by atoms with Gasteiger partial charge in [-0.05, 0) is 12.1 Å². The molecule has 1 amide bonds. The van der Waals surface area contributed by atoms with Gasteiger partial charge in [-0.1, -0.05) is 0 Å². The molecule has 0 spiro atoms. The lowest BCUT2D eigenvalue weighted by molar-refractivity contribution is 0.0979. The number of hydrogen-bond acceptors (Lipinski definition) is 5. The van der Waals surface area contributed by atoms with Crippen molar-refractivity contribution in [2.75, 3.05) is 14.2 Å². The number of methoxy groups -OCH3 is 2. The fourth-order valence-electron chi connectivity index (χ4n) is 1.15. The lowest BCUT2D eigenvalue weighted by atomic mass is 10.2. The van der Waals surface area contributed by atoms with Crippen LogP contribution in [-0.4, -0.2) is 28.5 Å². The van der Waals surface area contributed by atoms with Gasteiger partial charge in [-0.2, -0.15) is 8.42 Å². The van der Waals surface area contributed by atoms with E-state index in [1.807, 2.05) is 0 Å². The minimum absolute atomic E-state index is 0.0394. The van der Waals surface area contributed by atoms with Crippen LogP contribution in [0.3, 0.4) is 0 Å². The first-order chi connectivity index (χ1) is 7.87. The number of amides is 1. The fraction of sp³-hybridized carbons (Fsp3) is 0.222. The molecule has 0 heterocycles. The van der Waals surface area contributed by atoms with E-state index < -0.39 is 15.1 Å². The summed E-state index contributed by atoms with van der Waals surface area (Å²) in [7, 11) is 3.58. The second-order valence-corrected chi connectivity index (χ2v) is 5.23. The van der Waals surface area contributed by atoms with Crippen molar-refractivity contribution in [3.8, 4) is 11.5 Å².